The van der Waals surface area contributed by atoms with E-state index in [4.69, 9.17) is 9.47 Å². The van der Waals surface area contributed by atoms with E-state index >= 15 is 0 Å². The summed E-state index contributed by atoms with van der Waals surface area (Å²) in [5.41, 5.74) is 4.32. The molecule has 0 heterocycles. The molecule has 8 heteroatoms. The molecule has 3 rings (SSSR count). The van der Waals surface area contributed by atoms with Crippen molar-refractivity contribution in [2.45, 2.75) is 6.92 Å². The maximum atomic E-state index is 12.5. The van der Waals surface area contributed by atoms with Crippen LogP contribution in [0.2, 0.25) is 0 Å². The number of hydrogen-bond donors (Lipinski definition) is 1. The SMILES string of the molecule is Cc1cccc(C(=O)Oc2ccc(Br)cc2C=NNC(=O)COc2ccc(Br)cc2)c1. The van der Waals surface area contributed by atoms with Crippen molar-refractivity contribution >= 4 is 50.0 Å². The number of carbonyl (C=O) groups is 2. The first-order valence-corrected chi connectivity index (χ1v) is 10.8. The van der Waals surface area contributed by atoms with Crippen molar-refractivity contribution in [1.82, 2.24) is 5.43 Å². The molecule has 0 fully saturated rings. The van der Waals surface area contributed by atoms with Crippen LogP contribution >= 0.6 is 31.9 Å². The van der Waals surface area contributed by atoms with Crippen LogP contribution in [0.5, 0.6) is 11.5 Å². The van der Waals surface area contributed by atoms with E-state index in [-0.39, 0.29) is 6.61 Å². The van der Waals surface area contributed by atoms with Gasteiger partial charge in [-0.2, -0.15) is 5.10 Å². The van der Waals surface area contributed by atoms with E-state index in [1.54, 1.807) is 48.5 Å². The van der Waals surface area contributed by atoms with E-state index in [9.17, 15) is 9.59 Å². The Kier molecular flexibility index (Phi) is 7.97. The number of aryl methyl sites for hydroxylation is 1. The molecule has 0 aliphatic heterocycles. The summed E-state index contributed by atoms with van der Waals surface area (Å²) in [6, 6.07) is 19.4. The van der Waals surface area contributed by atoms with E-state index in [1.165, 1.54) is 6.21 Å². The Hall–Kier alpha value is -2.97. The van der Waals surface area contributed by atoms with Gasteiger partial charge in [-0.25, -0.2) is 10.2 Å². The second-order valence-corrected chi connectivity index (χ2v) is 8.31. The van der Waals surface area contributed by atoms with Gasteiger partial charge in [0.05, 0.1) is 11.8 Å². The predicted octanol–water partition coefficient (Wildman–Crippen LogP) is 5.27. The van der Waals surface area contributed by atoms with Crippen molar-refractivity contribution in [2.75, 3.05) is 6.61 Å². The van der Waals surface area contributed by atoms with E-state index in [2.05, 4.69) is 42.4 Å². The van der Waals surface area contributed by atoms with Gasteiger partial charge in [0.15, 0.2) is 6.61 Å². The molecule has 3 aromatic carbocycles. The molecule has 31 heavy (non-hydrogen) atoms. The molecule has 0 radical (unpaired) electrons. The van der Waals surface area contributed by atoms with Gasteiger partial charge in [-0.05, 0) is 61.5 Å². The van der Waals surface area contributed by atoms with Crippen LogP contribution in [-0.4, -0.2) is 24.7 Å². The fourth-order valence-corrected chi connectivity index (χ4v) is 3.17. The summed E-state index contributed by atoms with van der Waals surface area (Å²) >= 11 is 6.72. The highest BCUT2D eigenvalue weighted by atomic mass is 79.9. The van der Waals surface area contributed by atoms with Crippen LogP contribution in [0.25, 0.3) is 0 Å². The van der Waals surface area contributed by atoms with Gasteiger partial charge in [0.1, 0.15) is 11.5 Å². The Balaban J connectivity index is 1.61. The van der Waals surface area contributed by atoms with Gasteiger partial charge < -0.3 is 9.47 Å². The molecule has 0 aromatic heterocycles. The molecule has 0 spiro atoms. The first-order valence-electron chi connectivity index (χ1n) is 9.19. The lowest BCUT2D eigenvalue weighted by Gasteiger charge is -2.09. The average Bonchev–Trinajstić information content (AvgIpc) is 2.75. The van der Waals surface area contributed by atoms with Crippen LogP contribution in [0, 0.1) is 6.92 Å². The number of benzene rings is 3. The number of esters is 1. The number of halogens is 2. The van der Waals surface area contributed by atoms with Crippen molar-refractivity contribution in [3.63, 3.8) is 0 Å². The van der Waals surface area contributed by atoms with Crippen LogP contribution in [0.3, 0.4) is 0 Å². The summed E-state index contributed by atoms with van der Waals surface area (Å²) in [5, 5.41) is 3.94. The lowest BCUT2D eigenvalue weighted by Crippen LogP contribution is -2.24. The maximum absolute atomic E-state index is 12.5. The number of carbonyl (C=O) groups excluding carboxylic acids is 2. The maximum Gasteiger partial charge on any atom is 0.343 e. The van der Waals surface area contributed by atoms with Crippen LogP contribution in [-0.2, 0) is 4.79 Å². The molecule has 0 aliphatic carbocycles. The average molecular weight is 546 g/mol. The Labute approximate surface area is 196 Å². The quantitative estimate of drug-likeness (QED) is 0.190. The highest BCUT2D eigenvalue weighted by molar-refractivity contribution is 9.10. The number of nitrogens with one attached hydrogen (secondary N) is 1. The minimum absolute atomic E-state index is 0.188. The second kappa shape index (κ2) is 10.9. The van der Waals surface area contributed by atoms with Gasteiger partial charge in [-0.15, -0.1) is 0 Å². The summed E-state index contributed by atoms with van der Waals surface area (Å²) < 4.78 is 12.6. The summed E-state index contributed by atoms with van der Waals surface area (Å²) in [4.78, 5) is 24.4. The first kappa shape index (κ1) is 22.7. The number of hydrogen-bond acceptors (Lipinski definition) is 5. The third-order valence-corrected chi connectivity index (χ3v) is 5.03. The van der Waals surface area contributed by atoms with Crippen molar-refractivity contribution in [3.05, 3.63) is 92.4 Å². The summed E-state index contributed by atoms with van der Waals surface area (Å²) in [5.74, 6) is -0.0152. The van der Waals surface area contributed by atoms with Gasteiger partial charge in [-0.1, -0.05) is 49.6 Å². The number of amides is 1. The van der Waals surface area contributed by atoms with E-state index in [0.717, 1.165) is 14.5 Å². The third kappa shape index (κ3) is 7.04. The van der Waals surface area contributed by atoms with Gasteiger partial charge in [0.2, 0.25) is 0 Å². The fraction of sp³-hybridized carbons (Fsp3) is 0.0870. The normalized spacial score (nSPS) is 10.7. The predicted molar refractivity (Wildman–Crippen MR) is 126 cm³/mol. The lowest BCUT2D eigenvalue weighted by atomic mass is 10.1. The molecule has 3 aromatic rings. The third-order valence-electron chi connectivity index (χ3n) is 4.00. The van der Waals surface area contributed by atoms with Crippen LogP contribution in [0.4, 0.5) is 0 Å². The van der Waals surface area contributed by atoms with Crippen molar-refractivity contribution in [2.24, 2.45) is 5.10 Å². The smallest absolute Gasteiger partial charge is 0.343 e. The van der Waals surface area contributed by atoms with Crippen LogP contribution in [0.1, 0.15) is 21.5 Å². The molecule has 0 bridgehead atoms. The summed E-state index contributed by atoms with van der Waals surface area (Å²) in [6.07, 6.45) is 1.40. The zero-order valence-electron chi connectivity index (χ0n) is 16.5. The Morgan fingerprint density at radius 1 is 1.00 bits per heavy atom. The highest BCUT2D eigenvalue weighted by Gasteiger charge is 2.12. The molecule has 0 aliphatic rings. The summed E-state index contributed by atoms with van der Waals surface area (Å²) in [6.45, 7) is 1.71. The highest BCUT2D eigenvalue weighted by Crippen LogP contribution is 2.23. The van der Waals surface area contributed by atoms with Crippen LogP contribution in [0.15, 0.2) is 80.8 Å². The second-order valence-electron chi connectivity index (χ2n) is 6.48. The first-order chi connectivity index (χ1) is 14.9. The number of rotatable bonds is 7. The van der Waals surface area contributed by atoms with Gasteiger partial charge in [0, 0.05) is 14.5 Å². The largest absolute Gasteiger partial charge is 0.484 e. The van der Waals surface area contributed by atoms with Gasteiger partial charge >= 0.3 is 5.97 Å². The standard InChI is InChI=1S/C23H18Br2N2O4/c1-15-3-2-4-16(11-15)23(29)31-21-10-7-19(25)12-17(21)13-26-27-22(28)14-30-20-8-5-18(24)6-9-20/h2-13H,14H2,1H3,(H,27,28). The van der Waals surface area contributed by atoms with E-state index < -0.39 is 11.9 Å². The minimum atomic E-state index is -0.479. The Bertz CT molecular complexity index is 1110. The van der Waals surface area contributed by atoms with Crippen molar-refractivity contribution in [3.8, 4) is 11.5 Å². The Morgan fingerprint density at radius 3 is 2.48 bits per heavy atom. The molecule has 1 amide bonds. The van der Waals surface area contributed by atoms with E-state index in [0.29, 0.717) is 22.6 Å². The lowest BCUT2D eigenvalue weighted by molar-refractivity contribution is -0.123. The number of nitrogens with zero attached hydrogens (tertiary/aromatic N) is 1. The molecular weight excluding hydrogens is 528 g/mol. The number of hydrazone groups is 1. The molecule has 0 unspecified atom stereocenters. The van der Waals surface area contributed by atoms with Crippen molar-refractivity contribution < 1.29 is 19.1 Å². The van der Waals surface area contributed by atoms with E-state index in [1.807, 2.05) is 25.1 Å². The summed E-state index contributed by atoms with van der Waals surface area (Å²) in [7, 11) is 0. The topological polar surface area (TPSA) is 77.0 Å². The molecule has 0 saturated carbocycles. The molecule has 0 atom stereocenters. The van der Waals surface area contributed by atoms with Crippen LogP contribution < -0.4 is 14.9 Å². The van der Waals surface area contributed by atoms with Gasteiger partial charge in [-0.3, -0.25) is 4.79 Å². The molecular formula is C23H18Br2N2O4. The fourth-order valence-electron chi connectivity index (χ4n) is 2.53. The van der Waals surface area contributed by atoms with Crippen molar-refractivity contribution in [1.29, 1.82) is 0 Å². The molecule has 158 valence electrons. The Morgan fingerprint density at radius 2 is 1.74 bits per heavy atom. The monoisotopic (exact) mass is 544 g/mol. The zero-order valence-corrected chi connectivity index (χ0v) is 19.6. The molecule has 1 N–H and O–H groups in total. The number of ether oxygens (including phenoxy) is 2. The molecule has 6 nitrogen and oxygen atoms in total. The minimum Gasteiger partial charge on any atom is -0.484 e. The van der Waals surface area contributed by atoms with Gasteiger partial charge in [0.25, 0.3) is 5.91 Å². The molecule has 0 saturated heterocycles. The zero-order chi connectivity index (χ0) is 22.2.